The molecule has 4 heteroatoms. The first-order chi connectivity index (χ1) is 7.27. The number of hydrogen-bond acceptors (Lipinski definition) is 3. The lowest BCUT2D eigenvalue weighted by molar-refractivity contribution is 0.443. The summed E-state index contributed by atoms with van der Waals surface area (Å²) in [5.74, 6) is 1.05. The van der Waals surface area contributed by atoms with Gasteiger partial charge in [0.25, 0.3) is 0 Å². The van der Waals surface area contributed by atoms with E-state index in [9.17, 15) is 0 Å². The number of halogens is 1. The Kier molecular flexibility index (Phi) is 3.59. The molecule has 0 amide bonds. The zero-order valence-corrected chi connectivity index (χ0v) is 10.5. The molecular formula is C11H16BrN3. The molecule has 0 radical (unpaired) electrons. The highest BCUT2D eigenvalue weighted by Gasteiger charge is 2.18. The van der Waals surface area contributed by atoms with Crippen molar-refractivity contribution in [1.82, 2.24) is 10.3 Å². The lowest BCUT2D eigenvalue weighted by atomic mass is 10.1. The van der Waals surface area contributed by atoms with E-state index in [1.165, 1.54) is 12.8 Å². The number of aromatic nitrogens is 1. The Morgan fingerprint density at radius 3 is 3.00 bits per heavy atom. The third-order valence-electron chi connectivity index (χ3n) is 2.89. The summed E-state index contributed by atoms with van der Waals surface area (Å²) in [6.07, 6.45) is 4.36. The number of nitrogens with zero attached hydrogens (tertiary/aromatic N) is 2. The van der Waals surface area contributed by atoms with E-state index in [2.05, 4.69) is 44.2 Å². The van der Waals surface area contributed by atoms with Crippen molar-refractivity contribution in [3.05, 3.63) is 22.8 Å². The van der Waals surface area contributed by atoms with Crippen LogP contribution in [-0.2, 0) is 0 Å². The monoisotopic (exact) mass is 269 g/mol. The van der Waals surface area contributed by atoms with E-state index in [-0.39, 0.29) is 0 Å². The zero-order chi connectivity index (χ0) is 10.7. The van der Waals surface area contributed by atoms with Gasteiger partial charge in [0.1, 0.15) is 5.82 Å². The zero-order valence-electron chi connectivity index (χ0n) is 8.91. The summed E-state index contributed by atoms with van der Waals surface area (Å²) in [4.78, 5) is 6.67. The molecule has 1 aliphatic rings. The fourth-order valence-corrected chi connectivity index (χ4v) is 2.16. The van der Waals surface area contributed by atoms with Crippen LogP contribution in [0.15, 0.2) is 22.8 Å². The van der Waals surface area contributed by atoms with Crippen molar-refractivity contribution in [3.63, 3.8) is 0 Å². The van der Waals surface area contributed by atoms with Crippen molar-refractivity contribution in [1.29, 1.82) is 0 Å². The Balaban J connectivity index is 2.05. The van der Waals surface area contributed by atoms with Gasteiger partial charge in [-0.3, -0.25) is 0 Å². The summed E-state index contributed by atoms with van der Waals surface area (Å²) >= 11 is 3.40. The van der Waals surface area contributed by atoms with Crippen LogP contribution in [-0.4, -0.2) is 31.2 Å². The van der Waals surface area contributed by atoms with Gasteiger partial charge in [-0.2, -0.15) is 0 Å². The molecule has 0 spiro atoms. The van der Waals surface area contributed by atoms with Crippen molar-refractivity contribution >= 4 is 21.7 Å². The second-order valence-electron chi connectivity index (χ2n) is 3.95. The summed E-state index contributed by atoms with van der Waals surface area (Å²) < 4.78 is 1.03. The van der Waals surface area contributed by atoms with Gasteiger partial charge in [-0.15, -0.1) is 0 Å². The van der Waals surface area contributed by atoms with Gasteiger partial charge in [0.05, 0.1) is 0 Å². The van der Waals surface area contributed by atoms with Crippen LogP contribution in [0.25, 0.3) is 0 Å². The maximum absolute atomic E-state index is 4.40. The van der Waals surface area contributed by atoms with Gasteiger partial charge in [0.15, 0.2) is 0 Å². The molecule has 2 rings (SSSR count). The van der Waals surface area contributed by atoms with Crippen LogP contribution in [0.2, 0.25) is 0 Å². The van der Waals surface area contributed by atoms with E-state index in [0.29, 0.717) is 6.04 Å². The van der Waals surface area contributed by atoms with Gasteiger partial charge in [-0.05, 0) is 47.4 Å². The topological polar surface area (TPSA) is 28.2 Å². The average Bonchev–Trinajstić information content (AvgIpc) is 2.30. The summed E-state index contributed by atoms with van der Waals surface area (Å²) in [7, 11) is 2.12. The molecule has 0 aromatic carbocycles. The normalized spacial score (nSPS) is 21.3. The van der Waals surface area contributed by atoms with E-state index in [4.69, 9.17) is 0 Å². The van der Waals surface area contributed by atoms with Crippen LogP contribution in [0.1, 0.15) is 12.8 Å². The highest BCUT2D eigenvalue weighted by atomic mass is 79.9. The van der Waals surface area contributed by atoms with Crippen LogP contribution in [0, 0.1) is 0 Å². The number of likely N-dealkylation sites (N-methyl/N-ethyl adjacent to an activating group) is 1. The Morgan fingerprint density at radius 1 is 1.53 bits per heavy atom. The maximum atomic E-state index is 4.40. The lowest BCUT2D eigenvalue weighted by Gasteiger charge is -2.32. The van der Waals surface area contributed by atoms with Crippen LogP contribution in [0.5, 0.6) is 0 Å². The van der Waals surface area contributed by atoms with Crippen LogP contribution in [0.3, 0.4) is 0 Å². The van der Waals surface area contributed by atoms with Gasteiger partial charge >= 0.3 is 0 Å². The Morgan fingerprint density at radius 2 is 2.40 bits per heavy atom. The number of pyridine rings is 1. The predicted molar refractivity (Wildman–Crippen MR) is 66.2 cm³/mol. The summed E-state index contributed by atoms with van der Waals surface area (Å²) in [5.41, 5.74) is 0. The minimum Gasteiger partial charge on any atom is -0.355 e. The minimum atomic E-state index is 0.576. The molecule has 15 heavy (non-hydrogen) atoms. The molecule has 1 aromatic heterocycles. The Bertz CT molecular complexity index is 306. The number of anilines is 1. The fourth-order valence-electron chi connectivity index (χ4n) is 1.93. The quantitative estimate of drug-likeness (QED) is 0.891. The molecule has 2 heterocycles. The van der Waals surface area contributed by atoms with Crippen LogP contribution < -0.4 is 10.2 Å². The van der Waals surface area contributed by atoms with Crippen molar-refractivity contribution in [2.75, 3.05) is 25.0 Å². The molecule has 1 atom stereocenters. The summed E-state index contributed by atoms with van der Waals surface area (Å²) in [6.45, 7) is 2.21. The van der Waals surface area contributed by atoms with Gasteiger partial charge < -0.3 is 10.2 Å². The second kappa shape index (κ2) is 4.94. The molecular weight excluding hydrogens is 254 g/mol. The standard InChI is InChI=1S/C11H16BrN3/c1-15(10-3-2-6-13-8-10)11-5-4-9(12)7-14-11/h4-5,7,10,13H,2-3,6,8H2,1H3/t10-/m1/s1. The van der Waals surface area contributed by atoms with Crippen molar-refractivity contribution in [2.45, 2.75) is 18.9 Å². The molecule has 1 saturated heterocycles. The molecule has 0 unspecified atom stereocenters. The molecule has 1 aliphatic heterocycles. The summed E-state index contributed by atoms with van der Waals surface area (Å²) in [6, 6.07) is 4.67. The SMILES string of the molecule is CN(c1ccc(Br)cn1)[C@@H]1CCCNC1. The maximum Gasteiger partial charge on any atom is 0.128 e. The number of nitrogens with one attached hydrogen (secondary N) is 1. The van der Waals surface area contributed by atoms with E-state index < -0.39 is 0 Å². The number of hydrogen-bond donors (Lipinski definition) is 1. The molecule has 1 fully saturated rings. The Labute approximate surface area is 99.0 Å². The van der Waals surface area contributed by atoms with Crippen LogP contribution >= 0.6 is 15.9 Å². The molecule has 3 nitrogen and oxygen atoms in total. The highest BCUT2D eigenvalue weighted by Crippen LogP contribution is 2.18. The molecule has 0 bridgehead atoms. The first-order valence-corrected chi connectivity index (χ1v) is 6.12. The number of piperidine rings is 1. The van der Waals surface area contributed by atoms with E-state index in [1.807, 2.05) is 12.3 Å². The third kappa shape index (κ3) is 2.69. The third-order valence-corrected chi connectivity index (χ3v) is 3.36. The molecule has 0 saturated carbocycles. The molecule has 0 aliphatic carbocycles. The fraction of sp³-hybridized carbons (Fsp3) is 0.545. The smallest absolute Gasteiger partial charge is 0.128 e. The molecule has 1 N–H and O–H groups in total. The lowest BCUT2D eigenvalue weighted by Crippen LogP contribution is -2.44. The van der Waals surface area contributed by atoms with E-state index in [1.54, 1.807) is 0 Å². The van der Waals surface area contributed by atoms with Gasteiger partial charge in [0, 0.05) is 30.3 Å². The van der Waals surface area contributed by atoms with E-state index >= 15 is 0 Å². The molecule has 1 aromatic rings. The summed E-state index contributed by atoms with van der Waals surface area (Å²) in [5, 5.41) is 3.42. The minimum absolute atomic E-state index is 0.576. The largest absolute Gasteiger partial charge is 0.355 e. The first kappa shape index (κ1) is 10.9. The average molecular weight is 270 g/mol. The highest BCUT2D eigenvalue weighted by molar-refractivity contribution is 9.10. The second-order valence-corrected chi connectivity index (χ2v) is 4.86. The number of rotatable bonds is 2. The van der Waals surface area contributed by atoms with Crippen molar-refractivity contribution in [2.24, 2.45) is 0 Å². The Hall–Kier alpha value is -0.610. The van der Waals surface area contributed by atoms with Crippen molar-refractivity contribution in [3.8, 4) is 0 Å². The van der Waals surface area contributed by atoms with Crippen molar-refractivity contribution < 1.29 is 0 Å². The van der Waals surface area contributed by atoms with Crippen LogP contribution in [0.4, 0.5) is 5.82 Å². The predicted octanol–water partition coefficient (Wildman–Crippen LogP) is 2.03. The first-order valence-electron chi connectivity index (χ1n) is 5.32. The van der Waals surface area contributed by atoms with E-state index in [0.717, 1.165) is 23.4 Å². The van der Waals surface area contributed by atoms with Gasteiger partial charge in [0.2, 0.25) is 0 Å². The van der Waals surface area contributed by atoms with Gasteiger partial charge in [-0.1, -0.05) is 0 Å². The van der Waals surface area contributed by atoms with Gasteiger partial charge in [-0.25, -0.2) is 4.98 Å². The molecule has 82 valence electrons.